The number of hydrogen-bond acceptors (Lipinski definition) is 4. The van der Waals surface area contributed by atoms with Gasteiger partial charge in [-0.15, -0.1) is 0 Å². The Labute approximate surface area is 103 Å². The van der Waals surface area contributed by atoms with Crippen molar-refractivity contribution < 1.29 is 14.2 Å². The van der Waals surface area contributed by atoms with Crippen molar-refractivity contribution in [1.82, 2.24) is 4.98 Å². The highest BCUT2D eigenvalue weighted by atomic mass is 19.1. The molecule has 0 aliphatic rings. The lowest BCUT2D eigenvalue weighted by Gasteiger charge is -2.06. The van der Waals surface area contributed by atoms with Crippen LogP contribution in [0.15, 0.2) is 42.5 Å². The largest absolute Gasteiger partial charge is 0.439 e. The molecule has 90 valence electrons. The molecule has 0 aliphatic heterocycles. The number of aliphatic hydroxyl groups is 1. The van der Waals surface area contributed by atoms with Crippen molar-refractivity contribution in [3.63, 3.8) is 0 Å². The molecule has 2 rings (SSSR count). The number of pyridine rings is 1. The number of hydrogen-bond donors (Lipinski definition) is 1. The van der Waals surface area contributed by atoms with E-state index >= 15 is 0 Å². The lowest BCUT2D eigenvalue weighted by Crippen LogP contribution is -1.98. The van der Waals surface area contributed by atoms with Gasteiger partial charge in [0.05, 0.1) is 5.69 Å². The molecule has 1 unspecified atom stereocenters. The van der Waals surface area contributed by atoms with E-state index in [4.69, 9.17) is 10.00 Å². The highest BCUT2D eigenvalue weighted by Crippen LogP contribution is 2.21. The maximum Gasteiger partial charge on any atom is 0.219 e. The van der Waals surface area contributed by atoms with Crippen LogP contribution in [0.2, 0.25) is 0 Å². The van der Waals surface area contributed by atoms with Crippen LogP contribution >= 0.6 is 0 Å². The average molecular weight is 244 g/mol. The van der Waals surface area contributed by atoms with E-state index in [9.17, 15) is 9.50 Å². The van der Waals surface area contributed by atoms with Gasteiger partial charge < -0.3 is 9.84 Å². The fourth-order valence-corrected chi connectivity index (χ4v) is 1.33. The SMILES string of the molecule is N#CC(O)c1cccc(Oc2ccc(F)cc2)n1. The van der Waals surface area contributed by atoms with E-state index in [0.29, 0.717) is 5.75 Å². The molecular weight excluding hydrogens is 235 g/mol. The van der Waals surface area contributed by atoms with Crippen LogP contribution in [0.25, 0.3) is 0 Å². The van der Waals surface area contributed by atoms with Crippen LogP contribution in [0.4, 0.5) is 4.39 Å². The highest BCUT2D eigenvalue weighted by Gasteiger charge is 2.08. The molecule has 0 bridgehead atoms. The quantitative estimate of drug-likeness (QED) is 0.842. The minimum Gasteiger partial charge on any atom is -0.439 e. The minimum absolute atomic E-state index is 0.206. The Hall–Kier alpha value is -2.45. The van der Waals surface area contributed by atoms with Gasteiger partial charge in [0.25, 0.3) is 0 Å². The fourth-order valence-electron chi connectivity index (χ4n) is 1.33. The van der Waals surface area contributed by atoms with Crippen LogP contribution in [0.1, 0.15) is 11.8 Å². The van der Waals surface area contributed by atoms with Crippen LogP contribution in [-0.2, 0) is 0 Å². The number of rotatable bonds is 3. The second-order valence-corrected chi connectivity index (χ2v) is 3.49. The molecule has 1 atom stereocenters. The molecule has 0 spiro atoms. The van der Waals surface area contributed by atoms with Crippen molar-refractivity contribution in [2.75, 3.05) is 0 Å². The summed E-state index contributed by atoms with van der Waals surface area (Å²) in [6.45, 7) is 0. The van der Waals surface area contributed by atoms with Gasteiger partial charge in [-0.3, -0.25) is 0 Å². The Morgan fingerprint density at radius 1 is 1.22 bits per heavy atom. The van der Waals surface area contributed by atoms with Crippen LogP contribution in [-0.4, -0.2) is 10.1 Å². The second-order valence-electron chi connectivity index (χ2n) is 3.49. The number of ether oxygens (including phenoxy) is 1. The third-order valence-corrected chi connectivity index (χ3v) is 2.18. The van der Waals surface area contributed by atoms with Gasteiger partial charge in [-0.2, -0.15) is 5.26 Å². The molecule has 0 saturated carbocycles. The first-order valence-electron chi connectivity index (χ1n) is 5.17. The van der Waals surface area contributed by atoms with E-state index in [1.807, 2.05) is 0 Å². The summed E-state index contributed by atoms with van der Waals surface area (Å²) in [5, 5.41) is 17.9. The Bertz CT molecular complexity index is 578. The van der Waals surface area contributed by atoms with Gasteiger partial charge in [0.2, 0.25) is 5.88 Å². The van der Waals surface area contributed by atoms with Crippen molar-refractivity contribution in [2.24, 2.45) is 0 Å². The summed E-state index contributed by atoms with van der Waals surface area (Å²) in [5.74, 6) is 0.296. The summed E-state index contributed by atoms with van der Waals surface area (Å²) in [6.07, 6.45) is -1.29. The maximum absolute atomic E-state index is 12.7. The van der Waals surface area contributed by atoms with E-state index in [2.05, 4.69) is 4.98 Å². The predicted octanol–water partition coefficient (Wildman–Crippen LogP) is 2.57. The zero-order valence-electron chi connectivity index (χ0n) is 9.25. The number of aliphatic hydroxyl groups excluding tert-OH is 1. The van der Waals surface area contributed by atoms with Crippen LogP contribution in [0.5, 0.6) is 11.6 Å². The Morgan fingerprint density at radius 2 is 1.94 bits per heavy atom. The molecule has 5 heteroatoms. The smallest absolute Gasteiger partial charge is 0.219 e. The molecular formula is C13H9FN2O2. The van der Waals surface area contributed by atoms with Gasteiger partial charge in [0, 0.05) is 6.07 Å². The molecule has 18 heavy (non-hydrogen) atoms. The third-order valence-electron chi connectivity index (χ3n) is 2.18. The van der Waals surface area contributed by atoms with Crippen LogP contribution in [0, 0.1) is 17.1 Å². The first-order chi connectivity index (χ1) is 8.69. The van der Waals surface area contributed by atoms with Crippen LogP contribution < -0.4 is 4.74 Å². The minimum atomic E-state index is -1.29. The first kappa shape index (κ1) is 12.0. The lowest BCUT2D eigenvalue weighted by molar-refractivity contribution is 0.229. The van der Waals surface area contributed by atoms with Crippen molar-refractivity contribution in [3.05, 3.63) is 54.0 Å². The van der Waals surface area contributed by atoms with Gasteiger partial charge in [0.15, 0.2) is 6.10 Å². The van der Waals surface area contributed by atoms with E-state index in [1.165, 1.54) is 30.3 Å². The van der Waals surface area contributed by atoms with Crippen molar-refractivity contribution in [1.29, 1.82) is 5.26 Å². The standard InChI is InChI=1S/C13H9FN2O2/c14-9-4-6-10(7-5-9)18-13-3-1-2-11(16-13)12(17)8-15/h1-7,12,17H. The molecule has 1 aromatic carbocycles. The summed E-state index contributed by atoms with van der Waals surface area (Å²) in [5.41, 5.74) is 0.206. The summed E-state index contributed by atoms with van der Waals surface area (Å²) < 4.78 is 18.1. The van der Waals surface area contributed by atoms with E-state index in [-0.39, 0.29) is 17.4 Å². The van der Waals surface area contributed by atoms with Gasteiger partial charge in [-0.1, -0.05) is 6.07 Å². The second kappa shape index (κ2) is 5.25. The van der Waals surface area contributed by atoms with Gasteiger partial charge in [-0.05, 0) is 30.3 Å². The Morgan fingerprint density at radius 3 is 2.61 bits per heavy atom. The Balaban J connectivity index is 2.19. The molecule has 4 nitrogen and oxygen atoms in total. The summed E-state index contributed by atoms with van der Waals surface area (Å²) in [7, 11) is 0. The van der Waals surface area contributed by atoms with Crippen molar-refractivity contribution in [2.45, 2.75) is 6.10 Å². The van der Waals surface area contributed by atoms with Gasteiger partial charge in [0.1, 0.15) is 17.6 Å². The summed E-state index contributed by atoms with van der Waals surface area (Å²) in [4.78, 5) is 3.97. The average Bonchev–Trinajstić information content (AvgIpc) is 2.41. The molecule has 0 saturated heterocycles. The van der Waals surface area contributed by atoms with E-state index < -0.39 is 6.10 Å². The summed E-state index contributed by atoms with van der Waals surface area (Å²) in [6, 6.07) is 11.8. The number of nitriles is 1. The zero-order chi connectivity index (χ0) is 13.0. The third kappa shape index (κ3) is 2.81. The lowest BCUT2D eigenvalue weighted by atomic mass is 10.2. The molecule has 1 heterocycles. The molecule has 0 aliphatic carbocycles. The van der Waals surface area contributed by atoms with Gasteiger partial charge >= 0.3 is 0 Å². The van der Waals surface area contributed by atoms with E-state index in [1.54, 1.807) is 18.2 Å². The normalized spacial score (nSPS) is 11.6. The zero-order valence-corrected chi connectivity index (χ0v) is 9.25. The summed E-state index contributed by atoms with van der Waals surface area (Å²) >= 11 is 0. The maximum atomic E-state index is 12.7. The van der Waals surface area contributed by atoms with E-state index in [0.717, 1.165) is 0 Å². The number of halogens is 1. The van der Waals surface area contributed by atoms with Crippen molar-refractivity contribution >= 4 is 0 Å². The topological polar surface area (TPSA) is 66.1 Å². The Kier molecular flexibility index (Phi) is 3.51. The van der Waals surface area contributed by atoms with Gasteiger partial charge in [-0.25, -0.2) is 9.37 Å². The number of benzene rings is 1. The first-order valence-corrected chi connectivity index (χ1v) is 5.17. The number of aromatic nitrogens is 1. The molecule has 2 aromatic rings. The van der Waals surface area contributed by atoms with Crippen LogP contribution in [0.3, 0.4) is 0 Å². The molecule has 0 fully saturated rings. The molecule has 1 aromatic heterocycles. The number of nitrogens with zero attached hydrogens (tertiary/aromatic N) is 2. The van der Waals surface area contributed by atoms with Crippen molar-refractivity contribution in [3.8, 4) is 17.7 Å². The molecule has 0 amide bonds. The molecule has 0 radical (unpaired) electrons. The molecule has 1 N–H and O–H groups in total. The predicted molar refractivity (Wildman–Crippen MR) is 61.3 cm³/mol. The highest BCUT2D eigenvalue weighted by molar-refractivity contribution is 5.28. The monoisotopic (exact) mass is 244 g/mol. The fraction of sp³-hybridized carbons (Fsp3) is 0.0769.